The summed E-state index contributed by atoms with van der Waals surface area (Å²) in [6.07, 6.45) is -4.64. The Bertz CT molecular complexity index is 1100. The number of hydrogen-bond acceptors (Lipinski definition) is 8. The number of piperazine rings is 1. The lowest BCUT2D eigenvalue weighted by molar-refractivity contribution is -0.384. The second kappa shape index (κ2) is 9.45. The molecule has 1 aromatic heterocycles. The van der Waals surface area contributed by atoms with Crippen LogP contribution in [0.25, 0.3) is 11.3 Å². The molecule has 0 spiro atoms. The maximum atomic E-state index is 12.9. The average molecular weight is 463 g/mol. The highest BCUT2D eigenvalue weighted by Gasteiger charge is 2.34. The lowest BCUT2D eigenvalue weighted by Crippen LogP contribution is -2.47. The van der Waals surface area contributed by atoms with Crippen LogP contribution < -0.4 is 9.64 Å². The van der Waals surface area contributed by atoms with Crippen molar-refractivity contribution in [2.75, 3.05) is 44.2 Å². The first-order valence-electron chi connectivity index (χ1n) is 10.2. The van der Waals surface area contributed by atoms with Gasteiger partial charge in [0.05, 0.1) is 10.5 Å². The fourth-order valence-electron chi connectivity index (χ4n) is 3.64. The minimum absolute atomic E-state index is 0.185. The molecular weight excluding hydrogens is 443 g/mol. The van der Waals surface area contributed by atoms with Gasteiger partial charge in [0, 0.05) is 44.4 Å². The summed E-state index contributed by atoms with van der Waals surface area (Å²) in [5.74, 6) is 0.292. The van der Waals surface area contributed by atoms with Gasteiger partial charge in [0.1, 0.15) is 12.3 Å². The van der Waals surface area contributed by atoms with E-state index in [2.05, 4.69) is 15.2 Å². The Balaban J connectivity index is 1.32. The van der Waals surface area contributed by atoms with Crippen LogP contribution in [-0.4, -0.2) is 59.5 Å². The molecule has 3 aromatic rings. The molecule has 9 nitrogen and oxygen atoms in total. The van der Waals surface area contributed by atoms with Crippen LogP contribution in [0, 0.1) is 10.1 Å². The minimum atomic E-state index is -4.64. The first-order valence-corrected chi connectivity index (χ1v) is 10.2. The predicted octanol–water partition coefficient (Wildman–Crippen LogP) is 3.86. The van der Waals surface area contributed by atoms with Crippen LogP contribution in [0.15, 0.2) is 53.2 Å². The summed E-state index contributed by atoms with van der Waals surface area (Å²) < 4.78 is 49.3. The van der Waals surface area contributed by atoms with Crippen LogP contribution in [0.3, 0.4) is 0 Å². The Morgan fingerprint density at radius 3 is 2.45 bits per heavy atom. The van der Waals surface area contributed by atoms with E-state index >= 15 is 0 Å². The number of aromatic nitrogens is 2. The normalized spacial score (nSPS) is 14.9. The van der Waals surface area contributed by atoms with Crippen molar-refractivity contribution in [1.29, 1.82) is 0 Å². The van der Waals surface area contributed by atoms with Gasteiger partial charge in [-0.3, -0.25) is 15.0 Å². The number of halogens is 3. The third-order valence-electron chi connectivity index (χ3n) is 5.36. The molecule has 12 heteroatoms. The molecule has 0 aliphatic carbocycles. The summed E-state index contributed by atoms with van der Waals surface area (Å²) in [6, 6.07) is 12.0. The fourth-order valence-corrected chi connectivity index (χ4v) is 3.64. The lowest BCUT2D eigenvalue weighted by atomic mass is 10.1. The van der Waals surface area contributed by atoms with Crippen LogP contribution in [0.1, 0.15) is 5.56 Å². The quantitative estimate of drug-likeness (QED) is 0.385. The monoisotopic (exact) mass is 463 g/mol. The first kappa shape index (κ1) is 22.5. The number of rotatable bonds is 7. The van der Waals surface area contributed by atoms with Gasteiger partial charge in [-0.15, -0.1) is 0 Å². The van der Waals surface area contributed by atoms with Gasteiger partial charge in [-0.1, -0.05) is 30.3 Å². The van der Waals surface area contributed by atoms with E-state index in [-0.39, 0.29) is 5.69 Å². The average Bonchev–Trinajstić information content (AvgIpc) is 3.28. The minimum Gasteiger partial charge on any atom is -0.473 e. The van der Waals surface area contributed by atoms with Gasteiger partial charge < -0.3 is 9.64 Å². The van der Waals surface area contributed by atoms with Crippen LogP contribution in [-0.2, 0) is 6.18 Å². The molecule has 1 aliphatic rings. The first-order chi connectivity index (χ1) is 15.8. The fraction of sp³-hybridized carbons (Fsp3) is 0.333. The molecule has 0 saturated carbocycles. The maximum Gasteiger partial charge on any atom is 0.416 e. The molecule has 1 fully saturated rings. The van der Waals surface area contributed by atoms with E-state index < -0.39 is 22.4 Å². The van der Waals surface area contributed by atoms with Crippen molar-refractivity contribution in [3.05, 3.63) is 64.2 Å². The van der Waals surface area contributed by atoms with E-state index in [9.17, 15) is 23.3 Å². The summed E-state index contributed by atoms with van der Waals surface area (Å²) in [5, 5.41) is 19.0. The van der Waals surface area contributed by atoms with Gasteiger partial charge in [0.2, 0.25) is 0 Å². The summed E-state index contributed by atoms with van der Waals surface area (Å²) in [7, 11) is 0. The lowest BCUT2D eigenvalue weighted by Gasteiger charge is -2.35. The number of ether oxygens (including phenoxy) is 1. The molecule has 1 aliphatic heterocycles. The number of nitro groups is 1. The predicted molar refractivity (Wildman–Crippen MR) is 112 cm³/mol. The standard InChI is InChI=1S/C21H20F3N5O4/c22-21(23,24)16-6-7-17(18(14-16)29(30)31)28-10-8-27(9-11-28)12-13-32-20-19(25-33-26-20)15-4-2-1-3-5-15/h1-7,14H,8-13H2. The number of nitrogens with zero attached hydrogens (tertiary/aromatic N) is 5. The van der Waals surface area contributed by atoms with Gasteiger partial charge >= 0.3 is 6.18 Å². The van der Waals surface area contributed by atoms with Crippen LogP contribution in [0.2, 0.25) is 0 Å². The zero-order chi connectivity index (χ0) is 23.4. The number of anilines is 1. The van der Waals surface area contributed by atoms with Crippen molar-refractivity contribution in [3.8, 4) is 17.1 Å². The zero-order valence-corrected chi connectivity index (χ0v) is 17.4. The molecule has 33 heavy (non-hydrogen) atoms. The van der Waals surface area contributed by atoms with Gasteiger partial charge in [0.15, 0.2) is 5.69 Å². The topological polar surface area (TPSA) is 97.8 Å². The second-order valence-corrected chi connectivity index (χ2v) is 7.42. The van der Waals surface area contributed by atoms with Crippen molar-refractivity contribution >= 4 is 11.4 Å². The summed E-state index contributed by atoms with van der Waals surface area (Å²) in [6.45, 7) is 2.92. The number of benzene rings is 2. The summed E-state index contributed by atoms with van der Waals surface area (Å²) in [5.41, 5.74) is -0.0693. The molecule has 0 unspecified atom stereocenters. The summed E-state index contributed by atoms with van der Waals surface area (Å²) >= 11 is 0. The van der Waals surface area contributed by atoms with Crippen molar-refractivity contribution < 1.29 is 27.5 Å². The third kappa shape index (κ3) is 5.22. The Morgan fingerprint density at radius 2 is 1.79 bits per heavy atom. The van der Waals surface area contributed by atoms with E-state index in [0.29, 0.717) is 57.0 Å². The molecule has 174 valence electrons. The molecule has 0 amide bonds. The summed E-state index contributed by atoms with van der Waals surface area (Å²) in [4.78, 5) is 14.4. The van der Waals surface area contributed by atoms with Gasteiger partial charge in [-0.05, 0) is 22.4 Å². The molecule has 2 heterocycles. The Morgan fingerprint density at radius 1 is 1.06 bits per heavy atom. The van der Waals surface area contributed by atoms with E-state index in [1.165, 1.54) is 6.07 Å². The second-order valence-electron chi connectivity index (χ2n) is 7.42. The van der Waals surface area contributed by atoms with Gasteiger partial charge in [0.25, 0.3) is 11.6 Å². The number of nitro benzene ring substituents is 1. The number of alkyl halides is 3. The Kier molecular flexibility index (Phi) is 6.45. The molecule has 0 atom stereocenters. The maximum absolute atomic E-state index is 12.9. The molecule has 0 radical (unpaired) electrons. The highest BCUT2D eigenvalue weighted by atomic mass is 19.4. The molecular formula is C21H20F3N5O4. The molecule has 1 saturated heterocycles. The van der Waals surface area contributed by atoms with E-state index in [4.69, 9.17) is 9.37 Å². The SMILES string of the molecule is O=[N+]([O-])c1cc(C(F)(F)F)ccc1N1CCN(CCOc2nonc2-c2ccccc2)CC1. The van der Waals surface area contributed by atoms with Gasteiger partial charge in [-0.25, -0.2) is 4.63 Å². The number of hydrogen-bond donors (Lipinski definition) is 0. The molecule has 4 rings (SSSR count). The van der Waals surface area contributed by atoms with Crippen molar-refractivity contribution in [2.24, 2.45) is 0 Å². The van der Waals surface area contributed by atoms with Crippen LogP contribution in [0.5, 0.6) is 5.88 Å². The highest BCUT2D eigenvalue weighted by molar-refractivity contribution is 5.65. The van der Waals surface area contributed by atoms with Crippen LogP contribution in [0.4, 0.5) is 24.5 Å². The van der Waals surface area contributed by atoms with Crippen molar-refractivity contribution in [3.63, 3.8) is 0 Å². The van der Waals surface area contributed by atoms with E-state index in [0.717, 1.165) is 11.6 Å². The molecule has 0 N–H and O–H groups in total. The molecule has 2 aromatic carbocycles. The largest absolute Gasteiger partial charge is 0.473 e. The van der Waals surface area contributed by atoms with Gasteiger partial charge in [-0.2, -0.15) is 13.2 Å². The Hall–Kier alpha value is -3.67. The zero-order valence-electron chi connectivity index (χ0n) is 17.4. The van der Waals surface area contributed by atoms with Crippen molar-refractivity contribution in [1.82, 2.24) is 15.2 Å². The van der Waals surface area contributed by atoms with Crippen LogP contribution >= 0.6 is 0 Å². The van der Waals surface area contributed by atoms with E-state index in [1.54, 1.807) is 4.90 Å². The smallest absolute Gasteiger partial charge is 0.416 e. The van der Waals surface area contributed by atoms with E-state index in [1.807, 2.05) is 30.3 Å². The third-order valence-corrected chi connectivity index (χ3v) is 5.36. The molecule has 0 bridgehead atoms. The Labute approximate surface area is 186 Å². The highest BCUT2D eigenvalue weighted by Crippen LogP contribution is 2.36. The van der Waals surface area contributed by atoms with Crippen molar-refractivity contribution in [2.45, 2.75) is 6.18 Å².